The fourth-order valence-electron chi connectivity index (χ4n) is 2.40. The number of amides is 1. The molecule has 0 atom stereocenters. The first-order valence-corrected chi connectivity index (χ1v) is 6.84. The van der Waals surface area contributed by atoms with E-state index in [4.69, 9.17) is 4.52 Å². The van der Waals surface area contributed by atoms with Gasteiger partial charge in [-0.25, -0.2) is 0 Å². The lowest BCUT2D eigenvalue weighted by Crippen LogP contribution is -2.42. The molecule has 1 aliphatic heterocycles. The van der Waals surface area contributed by atoms with Crippen LogP contribution in [0.1, 0.15) is 29.1 Å². The number of aromatic nitrogens is 1. The number of alkyl halides is 3. The summed E-state index contributed by atoms with van der Waals surface area (Å²) < 4.78 is 41.6. The number of carbonyl (C=O) groups excluding carboxylic acids is 1. The summed E-state index contributed by atoms with van der Waals surface area (Å²) in [6.07, 6.45) is -2.85. The molecule has 0 aromatic carbocycles. The van der Waals surface area contributed by atoms with Gasteiger partial charge in [-0.1, -0.05) is 5.16 Å². The third kappa shape index (κ3) is 5.04. The molecule has 0 spiro atoms. The molecule has 1 aromatic rings. The standard InChI is InChI=1S/C13H18F3N3O2/c1-9-6-11(18-21-9)12(20)17-7-10-2-4-19(5-3-10)8-13(14,15)16/h6,10H,2-5,7-8H2,1H3,(H,17,20). The van der Waals surface area contributed by atoms with Gasteiger partial charge in [-0.2, -0.15) is 13.2 Å². The third-order valence-corrected chi connectivity index (χ3v) is 3.52. The Hall–Kier alpha value is -1.57. The second-order valence-corrected chi connectivity index (χ2v) is 5.37. The van der Waals surface area contributed by atoms with Crippen molar-refractivity contribution in [2.24, 2.45) is 5.92 Å². The Morgan fingerprint density at radius 1 is 1.48 bits per heavy atom. The van der Waals surface area contributed by atoms with Gasteiger partial charge in [0.2, 0.25) is 0 Å². The van der Waals surface area contributed by atoms with Crippen LogP contribution in [0.15, 0.2) is 10.6 Å². The van der Waals surface area contributed by atoms with E-state index in [0.717, 1.165) is 0 Å². The topological polar surface area (TPSA) is 58.4 Å². The molecule has 5 nitrogen and oxygen atoms in total. The molecule has 1 fully saturated rings. The van der Waals surface area contributed by atoms with Crippen LogP contribution in [0, 0.1) is 12.8 Å². The number of carbonyl (C=O) groups is 1. The number of nitrogens with one attached hydrogen (secondary N) is 1. The van der Waals surface area contributed by atoms with Crippen molar-refractivity contribution in [2.45, 2.75) is 25.9 Å². The van der Waals surface area contributed by atoms with Gasteiger partial charge in [0.1, 0.15) is 5.76 Å². The molecule has 0 radical (unpaired) electrons. The summed E-state index contributed by atoms with van der Waals surface area (Å²) in [7, 11) is 0. The molecule has 0 bridgehead atoms. The minimum absolute atomic E-state index is 0.200. The number of likely N-dealkylation sites (tertiary alicyclic amines) is 1. The van der Waals surface area contributed by atoms with Gasteiger partial charge < -0.3 is 9.84 Å². The second kappa shape index (κ2) is 6.46. The number of halogens is 3. The van der Waals surface area contributed by atoms with Crippen molar-refractivity contribution in [3.63, 3.8) is 0 Å². The van der Waals surface area contributed by atoms with Crippen LogP contribution < -0.4 is 5.32 Å². The van der Waals surface area contributed by atoms with Crippen LogP contribution in [0.5, 0.6) is 0 Å². The first kappa shape index (κ1) is 15.8. The van der Waals surface area contributed by atoms with Crippen molar-refractivity contribution in [3.8, 4) is 0 Å². The van der Waals surface area contributed by atoms with Crippen LogP contribution >= 0.6 is 0 Å². The average molecular weight is 305 g/mol. The molecule has 0 saturated carbocycles. The zero-order valence-corrected chi connectivity index (χ0v) is 11.7. The first-order chi connectivity index (χ1) is 9.83. The van der Waals surface area contributed by atoms with Crippen LogP contribution in [-0.4, -0.2) is 48.3 Å². The van der Waals surface area contributed by atoms with Crippen molar-refractivity contribution in [1.82, 2.24) is 15.4 Å². The van der Waals surface area contributed by atoms with Crippen molar-refractivity contribution in [1.29, 1.82) is 0 Å². The monoisotopic (exact) mass is 305 g/mol. The molecule has 0 unspecified atom stereocenters. The SMILES string of the molecule is Cc1cc(C(=O)NCC2CCN(CC(F)(F)F)CC2)no1. The number of hydrogen-bond donors (Lipinski definition) is 1. The molecule has 1 aliphatic rings. The minimum Gasteiger partial charge on any atom is -0.361 e. The normalized spacial score (nSPS) is 17.9. The molecular weight excluding hydrogens is 287 g/mol. The van der Waals surface area contributed by atoms with Crippen molar-refractivity contribution >= 4 is 5.91 Å². The van der Waals surface area contributed by atoms with Crippen LogP contribution in [0.2, 0.25) is 0 Å². The molecule has 0 aliphatic carbocycles. The third-order valence-electron chi connectivity index (χ3n) is 3.52. The number of rotatable bonds is 4. The van der Waals surface area contributed by atoms with Gasteiger partial charge in [-0.05, 0) is 38.8 Å². The fraction of sp³-hybridized carbons (Fsp3) is 0.692. The zero-order valence-electron chi connectivity index (χ0n) is 11.7. The van der Waals surface area contributed by atoms with E-state index in [0.29, 0.717) is 38.2 Å². The lowest BCUT2D eigenvalue weighted by molar-refractivity contribution is -0.148. The summed E-state index contributed by atoms with van der Waals surface area (Å²) >= 11 is 0. The summed E-state index contributed by atoms with van der Waals surface area (Å²) in [5.74, 6) is 0.441. The molecular formula is C13H18F3N3O2. The predicted octanol–water partition coefficient (Wildman–Crippen LogP) is 1.99. The average Bonchev–Trinajstić information content (AvgIpc) is 2.82. The molecule has 118 valence electrons. The first-order valence-electron chi connectivity index (χ1n) is 6.84. The van der Waals surface area contributed by atoms with E-state index >= 15 is 0 Å². The van der Waals surface area contributed by atoms with Gasteiger partial charge in [0, 0.05) is 12.6 Å². The summed E-state index contributed by atoms with van der Waals surface area (Å²) in [6, 6.07) is 1.54. The highest BCUT2D eigenvalue weighted by molar-refractivity contribution is 5.92. The minimum atomic E-state index is -4.15. The molecule has 2 heterocycles. The van der Waals surface area contributed by atoms with E-state index in [1.54, 1.807) is 13.0 Å². The molecule has 21 heavy (non-hydrogen) atoms. The van der Waals surface area contributed by atoms with Gasteiger partial charge >= 0.3 is 6.18 Å². The highest BCUT2D eigenvalue weighted by atomic mass is 19.4. The van der Waals surface area contributed by atoms with E-state index in [1.165, 1.54) is 4.90 Å². The van der Waals surface area contributed by atoms with Gasteiger partial charge in [0.15, 0.2) is 5.69 Å². The lowest BCUT2D eigenvalue weighted by Gasteiger charge is -2.32. The summed E-state index contributed by atoms with van der Waals surface area (Å²) in [5.41, 5.74) is 0.224. The van der Waals surface area contributed by atoms with E-state index in [-0.39, 0.29) is 17.5 Å². The van der Waals surface area contributed by atoms with E-state index in [9.17, 15) is 18.0 Å². The molecule has 1 amide bonds. The Morgan fingerprint density at radius 2 is 2.14 bits per heavy atom. The maximum Gasteiger partial charge on any atom is 0.401 e. The predicted molar refractivity (Wildman–Crippen MR) is 68.8 cm³/mol. The number of piperidine rings is 1. The van der Waals surface area contributed by atoms with Crippen molar-refractivity contribution < 1.29 is 22.5 Å². The smallest absolute Gasteiger partial charge is 0.361 e. The van der Waals surface area contributed by atoms with Gasteiger partial charge in [0.25, 0.3) is 5.91 Å². The molecule has 1 N–H and O–H groups in total. The van der Waals surface area contributed by atoms with Crippen molar-refractivity contribution in [3.05, 3.63) is 17.5 Å². The molecule has 8 heteroatoms. The van der Waals surface area contributed by atoms with E-state index < -0.39 is 12.7 Å². The number of aryl methyl sites for hydroxylation is 1. The van der Waals surface area contributed by atoms with E-state index in [1.807, 2.05) is 0 Å². The highest BCUT2D eigenvalue weighted by Gasteiger charge is 2.32. The maximum atomic E-state index is 12.3. The molecule has 1 aromatic heterocycles. The highest BCUT2D eigenvalue weighted by Crippen LogP contribution is 2.22. The molecule has 2 rings (SSSR count). The van der Waals surface area contributed by atoms with Crippen LogP contribution in [0.25, 0.3) is 0 Å². The Kier molecular flexibility index (Phi) is 4.87. The Labute approximate surface area is 120 Å². The van der Waals surface area contributed by atoms with Gasteiger partial charge in [0.05, 0.1) is 6.54 Å². The quantitative estimate of drug-likeness (QED) is 0.924. The Morgan fingerprint density at radius 3 is 2.67 bits per heavy atom. The zero-order chi connectivity index (χ0) is 15.5. The summed E-state index contributed by atoms with van der Waals surface area (Å²) in [4.78, 5) is 13.2. The van der Waals surface area contributed by atoms with E-state index in [2.05, 4.69) is 10.5 Å². The summed E-state index contributed by atoms with van der Waals surface area (Å²) in [5, 5.41) is 6.35. The maximum absolute atomic E-state index is 12.3. The van der Waals surface area contributed by atoms with Crippen LogP contribution in [0.3, 0.4) is 0 Å². The fourth-order valence-corrected chi connectivity index (χ4v) is 2.40. The summed E-state index contributed by atoms with van der Waals surface area (Å²) in [6.45, 7) is 2.10. The van der Waals surface area contributed by atoms with Crippen LogP contribution in [-0.2, 0) is 0 Å². The molecule has 1 saturated heterocycles. The largest absolute Gasteiger partial charge is 0.401 e. The van der Waals surface area contributed by atoms with Crippen molar-refractivity contribution in [2.75, 3.05) is 26.2 Å². The van der Waals surface area contributed by atoms with Gasteiger partial charge in [-0.15, -0.1) is 0 Å². The van der Waals surface area contributed by atoms with Crippen LogP contribution in [0.4, 0.5) is 13.2 Å². The lowest BCUT2D eigenvalue weighted by atomic mass is 9.97. The number of hydrogen-bond acceptors (Lipinski definition) is 4. The Balaban J connectivity index is 1.70. The Bertz CT molecular complexity index is 479. The second-order valence-electron chi connectivity index (χ2n) is 5.37. The van der Waals surface area contributed by atoms with Gasteiger partial charge in [-0.3, -0.25) is 9.69 Å². The number of nitrogens with zero attached hydrogens (tertiary/aromatic N) is 2.